The molecule has 1 heterocycles. The lowest BCUT2D eigenvalue weighted by Crippen LogP contribution is -2.41. The summed E-state index contributed by atoms with van der Waals surface area (Å²) in [5.74, 6) is 0. The van der Waals surface area contributed by atoms with E-state index in [0.29, 0.717) is 6.10 Å². The van der Waals surface area contributed by atoms with Crippen LogP contribution in [0.5, 0.6) is 0 Å². The summed E-state index contributed by atoms with van der Waals surface area (Å²) >= 11 is 0. The zero-order chi connectivity index (χ0) is 10.3. The van der Waals surface area contributed by atoms with Crippen LogP contribution in [-0.2, 0) is 4.74 Å². The molecule has 2 fully saturated rings. The highest BCUT2D eigenvalue weighted by Crippen LogP contribution is 2.17. The SMILES string of the molecule is C1CCC(NCCC2CNCCO2)CC1. The van der Waals surface area contributed by atoms with E-state index in [1.54, 1.807) is 0 Å². The highest BCUT2D eigenvalue weighted by Gasteiger charge is 2.15. The first-order valence-corrected chi connectivity index (χ1v) is 6.51. The molecular formula is C12H24N2O. The second-order valence-corrected chi connectivity index (χ2v) is 4.77. The molecule has 1 saturated carbocycles. The van der Waals surface area contributed by atoms with E-state index in [9.17, 15) is 0 Å². The maximum atomic E-state index is 5.66. The highest BCUT2D eigenvalue weighted by molar-refractivity contribution is 4.74. The van der Waals surface area contributed by atoms with Crippen LogP contribution in [0.25, 0.3) is 0 Å². The third kappa shape index (κ3) is 4.09. The van der Waals surface area contributed by atoms with Gasteiger partial charge in [-0.25, -0.2) is 0 Å². The molecule has 0 aromatic rings. The third-order valence-corrected chi connectivity index (χ3v) is 3.51. The molecule has 1 saturated heterocycles. The average molecular weight is 212 g/mol. The summed E-state index contributed by atoms with van der Waals surface area (Å²) in [7, 11) is 0. The number of nitrogens with one attached hydrogen (secondary N) is 2. The Labute approximate surface area is 93.0 Å². The molecule has 2 rings (SSSR count). The summed E-state index contributed by atoms with van der Waals surface area (Å²) < 4.78 is 5.66. The van der Waals surface area contributed by atoms with Crippen molar-refractivity contribution < 1.29 is 4.74 Å². The number of morpholine rings is 1. The molecule has 0 aromatic heterocycles. The van der Waals surface area contributed by atoms with Crippen LogP contribution in [0.4, 0.5) is 0 Å². The van der Waals surface area contributed by atoms with Crippen LogP contribution < -0.4 is 10.6 Å². The molecular weight excluding hydrogens is 188 g/mol. The van der Waals surface area contributed by atoms with Crippen molar-refractivity contribution in [3.63, 3.8) is 0 Å². The van der Waals surface area contributed by atoms with Crippen LogP contribution in [0.2, 0.25) is 0 Å². The monoisotopic (exact) mass is 212 g/mol. The first-order valence-electron chi connectivity index (χ1n) is 6.51. The van der Waals surface area contributed by atoms with Crippen molar-refractivity contribution in [2.75, 3.05) is 26.2 Å². The maximum absolute atomic E-state index is 5.66. The van der Waals surface area contributed by atoms with E-state index >= 15 is 0 Å². The quantitative estimate of drug-likeness (QED) is 0.736. The summed E-state index contributed by atoms with van der Waals surface area (Å²) in [4.78, 5) is 0. The molecule has 1 aliphatic carbocycles. The van der Waals surface area contributed by atoms with E-state index in [-0.39, 0.29) is 0 Å². The molecule has 0 radical (unpaired) electrons. The van der Waals surface area contributed by atoms with Crippen LogP contribution in [-0.4, -0.2) is 38.4 Å². The second-order valence-electron chi connectivity index (χ2n) is 4.77. The first kappa shape index (κ1) is 11.4. The van der Waals surface area contributed by atoms with Gasteiger partial charge in [0.1, 0.15) is 0 Å². The van der Waals surface area contributed by atoms with Crippen molar-refractivity contribution in [3.8, 4) is 0 Å². The minimum Gasteiger partial charge on any atom is -0.376 e. The number of hydrogen-bond donors (Lipinski definition) is 2. The average Bonchev–Trinajstić information content (AvgIpc) is 2.32. The summed E-state index contributed by atoms with van der Waals surface area (Å²) in [6.45, 7) is 4.06. The van der Waals surface area contributed by atoms with Gasteiger partial charge in [0.2, 0.25) is 0 Å². The Morgan fingerprint density at radius 3 is 2.80 bits per heavy atom. The number of ether oxygens (including phenoxy) is 1. The van der Waals surface area contributed by atoms with Crippen LogP contribution in [0.1, 0.15) is 38.5 Å². The third-order valence-electron chi connectivity index (χ3n) is 3.51. The van der Waals surface area contributed by atoms with Crippen LogP contribution in [0.15, 0.2) is 0 Å². The lowest BCUT2D eigenvalue weighted by molar-refractivity contribution is 0.0233. The zero-order valence-electron chi connectivity index (χ0n) is 9.63. The van der Waals surface area contributed by atoms with Gasteiger partial charge >= 0.3 is 0 Å². The van der Waals surface area contributed by atoms with Gasteiger partial charge in [0.05, 0.1) is 12.7 Å². The van der Waals surface area contributed by atoms with E-state index < -0.39 is 0 Å². The minimum absolute atomic E-state index is 0.440. The molecule has 1 unspecified atom stereocenters. The molecule has 3 nitrogen and oxygen atoms in total. The van der Waals surface area contributed by atoms with Gasteiger partial charge in [-0.2, -0.15) is 0 Å². The Hall–Kier alpha value is -0.120. The first-order chi connectivity index (χ1) is 7.45. The molecule has 2 N–H and O–H groups in total. The molecule has 1 aliphatic heterocycles. The normalized spacial score (nSPS) is 29.2. The lowest BCUT2D eigenvalue weighted by Gasteiger charge is -2.26. The van der Waals surface area contributed by atoms with Crippen molar-refractivity contribution >= 4 is 0 Å². The van der Waals surface area contributed by atoms with E-state index in [1.165, 1.54) is 32.1 Å². The summed E-state index contributed by atoms with van der Waals surface area (Å²) in [6, 6.07) is 0.787. The van der Waals surface area contributed by atoms with Gasteiger partial charge in [-0.1, -0.05) is 19.3 Å². The largest absolute Gasteiger partial charge is 0.376 e. The molecule has 15 heavy (non-hydrogen) atoms. The molecule has 3 heteroatoms. The van der Waals surface area contributed by atoms with E-state index in [0.717, 1.165) is 38.7 Å². The van der Waals surface area contributed by atoms with Crippen molar-refractivity contribution in [1.29, 1.82) is 0 Å². The molecule has 0 aromatic carbocycles. The van der Waals surface area contributed by atoms with Gasteiger partial charge in [0.25, 0.3) is 0 Å². The second kappa shape index (κ2) is 6.46. The molecule has 0 bridgehead atoms. The minimum atomic E-state index is 0.440. The van der Waals surface area contributed by atoms with Gasteiger partial charge in [-0.15, -0.1) is 0 Å². The fraction of sp³-hybridized carbons (Fsp3) is 1.00. The molecule has 2 aliphatic rings. The Morgan fingerprint density at radius 1 is 1.20 bits per heavy atom. The van der Waals surface area contributed by atoms with Gasteiger partial charge in [-0.3, -0.25) is 0 Å². The zero-order valence-corrected chi connectivity index (χ0v) is 9.63. The summed E-state index contributed by atoms with van der Waals surface area (Å²) in [5, 5.41) is 7.03. The van der Waals surface area contributed by atoms with E-state index in [1.807, 2.05) is 0 Å². The summed E-state index contributed by atoms with van der Waals surface area (Å²) in [5.41, 5.74) is 0. The Bertz CT molecular complexity index is 145. The van der Waals surface area contributed by atoms with Crippen LogP contribution in [0, 0.1) is 0 Å². The fourth-order valence-electron chi connectivity index (χ4n) is 2.56. The summed E-state index contributed by atoms with van der Waals surface area (Å²) in [6.07, 6.45) is 8.62. The van der Waals surface area contributed by atoms with Gasteiger partial charge in [0, 0.05) is 19.1 Å². The number of hydrogen-bond acceptors (Lipinski definition) is 3. The smallest absolute Gasteiger partial charge is 0.0712 e. The Morgan fingerprint density at radius 2 is 2.07 bits per heavy atom. The standard InChI is InChI=1S/C12H24N2O/c1-2-4-11(5-3-1)14-7-6-12-10-13-8-9-15-12/h11-14H,1-10H2. The maximum Gasteiger partial charge on any atom is 0.0712 e. The van der Waals surface area contributed by atoms with Crippen molar-refractivity contribution in [2.45, 2.75) is 50.7 Å². The van der Waals surface area contributed by atoms with Crippen LogP contribution in [0.3, 0.4) is 0 Å². The highest BCUT2D eigenvalue weighted by atomic mass is 16.5. The Kier molecular flexibility index (Phi) is 4.90. The van der Waals surface area contributed by atoms with E-state index in [2.05, 4.69) is 10.6 Å². The van der Waals surface area contributed by atoms with Crippen LogP contribution >= 0.6 is 0 Å². The lowest BCUT2D eigenvalue weighted by atomic mass is 9.95. The van der Waals surface area contributed by atoms with Gasteiger partial charge in [-0.05, 0) is 25.8 Å². The van der Waals surface area contributed by atoms with Crippen molar-refractivity contribution in [3.05, 3.63) is 0 Å². The van der Waals surface area contributed by atoms with Crippen molar-refractivity contribution in [2.24, 2.45) is 0 Å². The number of rotatable bonds is 4. The molecule has 1 atom stereocenters. The predicted octanol–water partition coefficient (Wildman–Crippen LogP) is 1.29. The molecule has 0 amide bonds. The fourth-order valence-corrected chi connectivity index (χ4v) is 2.56. The topological polar surface area (TPSA) is 33.3 Å². The molecule has 0 spiro atoms. The Balaban J connectivity index is 1.53. The van der Waals surface area contributed by atoms with E-state index in [4.69, 9.17) is 4.74 Å². The molecule has 88 valence electrons. The van der Waals surface area contributed by atoms with Gasteiger partial charge in [0.15, 0.2) is 0 Å². The van der Waals surface area contributed by atoms with Crippen molar-refractivity contribution in [1.82, 2.24) is 10.6 Å². The predicted molar refractivity (Wildman–Crippen MR) is 62.1 cm³/mol. The van der Waals surface area contributed by atoms with Gasteiger partial charge < -0.3 is 15.4 Å².